The second-order valence-electron chi connectivity index (χ2n) is 5.23. The fourth-order valence-electron chi connectivity index (χ4n) is 2.48. The van der Waals surface area contributed by atoms with Crippen molar-refractivity contribution >= 4 is 5.91 Å². The third-order valence-electron chi connectivity index (χ3n) is 3.59. The molecule has 0 saturated carbocycles. The van der Waals surface area contributed by atoms with Crippen LogP contribution in [0.25, 0.3) is 5.82 Å². The van der Waals surface area contributed by atoms with Crippen LogP contribution in [0, 0.1) is 5.82 Å². The predicted molar refractivity (Wildman–Crippen MR) is 85.0 cm³/mol. The van der Waals surface area contributed by atoms with Gasteiger partial charge in [0.2, 0.25) is 0 Å². The van der Waals surface area contributed by atoms with Crippen LogP contribution >= 0.6 is 0 Å². The van der Waals surface area contributed by atoms with Crippen molar-refractivity contribution in [2.24, 2.45) is 7.05 Å². The predicted octanol–water partition coefficient (Wildman–Crippen LogP) is 2.32. The van der Waals surface area contributed by atoms with Crippen LogP contribution in [0.1, 0.15) is 15.9 Å². The average molecular weight is 312 g/mol. The minimum atomic E-state index is -0.268. The third-order valence-corrected chi connectivity index (χ3v) is 3.59. The first-order chi connectivity index (χ1) is 11.1. The Bertz CT molecular complexity index is 808. The molecule has 1 aromatic carbocycles. The molecule has 1 N–H and O–H groups in total. The first kappa shape index (κ1) is 15.0. The second kappa shape index (κ2) is 6.48. The van der Waals surface area contributed by atoms with Crippen LogP contribution < -0.4 is 5.32 Å². The highest BCUT2D eigenvalue weighted by atomic mass is 19.1. The summed E-state index contributed by atoms with van der Waals surface area (Å²) in [6.45, 7) is 0.433. The summed E-state index contributed by atoms with van der Waals surface area (Å²) in [6.07, 6.45) is 5.84. The zero-order valence-corrected chi connectivity index (χ0v) is 12.7. The molecule has 5 nitrogen and oxygen atoms in total. The summed E-state index contributed by atoms with van der Waals surface area (Å²) in [5.74, 6) is 0.243. The molecule has 0 fully saturated rings. The van der Waals surface area contributed by atoms with Gasteiger partial charge in [0.1, 0.15) is 17.2 Å². The zero-order valence-electron chi connectivity index (χ0n) is 12.7. The number of aromatic nitrogens is 3. The highest BCUT2D eigenvalue weighted by Gasteiger charge is 2.16. The van der Waals surface area contributed by atoms with Crippen molar-refractivity contribution < 1.29 is 9.18 Å². The maximum Gasteiger partial charge on any atom is 0.256 e. The van der Waals surface area contributed by atoms with E-state index >= 15 is 0 Å². The molecule has 0 aliphatic heterocycles. The summed E-state index contributed by atoms with van der Waals surface area (Å²) >= 11 is 0. The molecular formula is C17H17FN4O. The van der Waals surface area contributed by atoms with Gasteiger partial charge in [-0.1, -0.05) is 12.1 Å². The van der Waals surface area contributed by atoms with Gasteiger partial charge < -0.3 is 9.88 Å². The van der Waals surface area contributed by atoms with Gasteiger partial charge >= 0.3 is 0 Å². The summed E-state index contributed by atoms with van der Waals surface area (Å²) < 4.78 is 16.6. The Morgan fingerprint density at radius 2 is 2.04 bits per heavy atom. The third kappa shape index (κ3) is 3.31. The molecule has 3 rings (SSSR count). The quantitative estimate of drug-likeness (QED) is 0.786. The van der Waals surface area contributed by atoms with Gasteiger partial charge in [-0.15, -0.1) is 0 Å². The summed E-state index contributed by atoms with van der Waals surface area (Å²) in [5.41, 5.74) is 1.35. The van der Waals surface area contributed by atoms with Gasteiger partial charge in [-0.25, -0.2) is 4.39 Å². The summed E-state index contributed by atoms with van der Waals surface area (Å²) in [5, 5.41) is 7.01. The smallest absolute Gasteiger partial charge is 0.256 e. The monoisotopic (exact) mass is 312 g/mol. The summed E-state index contributed by atoms with van der Waals surface area (Å²) in [7, 11) is 1.79. The van der Waals surface area contributed by atoms with Gasteiger partial charge in [0.25, 0.3) is 5.91 Å². The maximum absolute atomic E-state index is 13.1. The van der Waals surface area contributed by atoms with E-state index in [2.05, 4.69) is 10.4 Å². The van der Waals surface area contributed by atoms with E-state index in [9.17, 15) is 9.18 Å². The molecule has 1 amide bonds. The standard InChI is InChI=1S/C17H17FN4O/c1-21-17(22-9-2-3-10-22)15(12-20-21)16(23)19-8-7-13-5-4-6-14(18)11-13/h2-6,9-12H,7-8H2,1H3,(H,19,23). The molecule has 6 heteroatoms. The Morgan fingerprint density at radius 3 is 2.78 bits per heavy atom. The van der Waals surface area contributed by atoms with Crippen LogP contribution in [0.15, 0.2) is 55.0 Å². The fraction of sp³-hybridized carbons (Fsp3) is 0.176. The lowest BCUT2D eigenvalue weighted by molar-refractivity contribution is 0.0954. The molecule has 0 atom stereocenters. The number of amides is 1. The van der Waals surface area contributed by atoms with Crippen molar-refractivity contribution in [3.05, 3.63) is 71.9 Å². The van der Waals surface area contributed by atoms with E-state index < -0.39 is 0 Å². The van der Waals surface area contributed by atoms with E-state index in [-0.39, 0.29) is 11.7 Å². The molecule has 118 valence electrons. The Balaban J connectivity index is 1.67. The number of carbonyl (C=O) groups is 1. The Labute approximate surface area is 133 Å². The van der Waals surface area contributed by atoms with Crippen LogP contribution in [-0.2, 0) is 13.5 Å². The number of nitrogens with zero attached hydrogens (tertiary/aromatic N) is 3. The number of nitrogens with one attached hydrogen (secondary N) is 1. The van der Waals surface area contributed by atoms with Crippen molar-refractivity contribution in [1.29, 1.82) is 0 Å². The van der Waals surface area contributed by atoms with Crippen LogP contribution in [0.2, 0.25) is 0 Å². The topological polar surface area (TPSA) is 51.9 Å². The van der Waals surface area contributed by atoms with Crippen molar-refractivity contribution in [3.63, 3.8) is 0 Å². The highest BCUT2D eigenvalue weighted by molar-refractivity contribution is 5.97. The van der Waals surface area contributed by atoms with Gasteiger partial charge in [-0.3, -0.25) is 9.48 Å². The molecule has 0 spiro atoms. The van der Waals surface area contributed by atoms with Gasteiger partial charge in [0.05, 0.1) is 6.20 Å². The van der Waals surface area contributed by atoms with Crippen LogP contribution in [0.3, 0.4) is 0 Å². The molecule has 0 aliphatic carbocycles. The lowest BCUT2D eigenvalue weighted by Gasteiger charge is -2.08. The normalized spacial score (nSPS) is 10.7. The van der Waals surface area contributed by atoms with Crippen molar-refractivity contribution in [2.45, 2.75) is 6.42 Å². The van der Waals surface area contributed by atoms with Gasteiger partial charge in [0, 0.05) is 26.0 Å². The van der Waals surface area contributed by atoms with Gasteiger partial charge in [-0.2, -0.15) is 5.10 Å². The fourth-order valence-corrected chi connectivity index (χ4v) is 2.48. The Morgan fingerprint density at radius 1 is 1.26 bits per heavy atom. The van der Waals surface area contributed by atoms with E-state index in [4.69, 9.17) is 0 Å². The van der Waals surface area contributed by atoms with Gasteiger partial charge in [0.15, 0.2) is 0 Å². The number of benzene rings is 1. The number of hydrogen-bond donors (Lipinski definition) is 1. The zero-order chi connectivity index (χ0) is 16.2. The largest absolute Gasteiger partial charge is 0.352 e. The first-order valence-electron chi connectivity index (χ1n) is 7.33. The van der Waals surface area contributed by atoms with Gasteiger partial charge in [-0.05, 0) is 36.2 Å². The molecule has 0 unspecified atom stereocenters. The molecule has 0 radical (unpaired) electrons. The minimum Gasteiger partial charge on any atom is -0.352 e. The maximum atomic E-state index is 13.1. The van der Waals surface area contributed by atoms with E-state index in [0.29, 0.717) is 24.3 Å². The molecule has 23 heavy (non-hydrogen) atoms. The van der Waals surface area contributed by atoms with E-state index in [1.165, 1.54) is 12.1 Å². The lowest BCUT2D eigenvalue weighted by atomic mass is 10.1. The van der Waals surface area contributed by atoms with E-state index in [0.717, 1.165) is 5.56 Å². The first-order valence-corrected chi connectivity index (χ1v) is 7.33. The van der Waals surface area contributed by atoms with E-state index in [1.807, 2.05) is 35.2 Å². The number of aryl methyl sites for hydroxylation is 1. The number of hydrogen-bond acceptors (Lipinski definition) is 2. The second-order valence-corrected chi connectivity index (χ2v) is 5.23. The molecule has 3 aromatic rings. The molecule has 0 bridgehead atoms. The van der Waals surface area contributed by atoms with Crippen molar-refractivity contribution in [1.82, 2.24) is 19.7 Å². The number of rotatable bonds is 5. The van der Waals surface area contributed by atoms with Crippen LogP contribution in [-0.4, -0.2) is 26.8 Å². The Kier molecular flexibility index (Phi) is 4.23. The molecule has 2 aromatic heterocycles. The average Bonchev–Trinajstić information content (AvgIpc) is 3.16. The molecule has 0 aliphatic rings. The van der Waals surface area contributed by atoms with E-state index in [1.54, 1.807) is 24.0 Å². The van der Waals surface area contributed by atoms with Crippen molar-refractivity contribution in [2.75, 3.05) is 6.54 Å². The minimum absolute atomic E-state index is 0.196. The SMILES string of the molecule is Cn1ncc(C(=O)NCCc2cccc(F)c2)c1-n1cccc1. The summed E-state index contributed by atoms with van der Waals surface area (Å²) in [6, 6.07) is 10.2. The van der Waals surface area contributed by atoms with Crippen LogP contribution in [0.4, 0.5) is 4.39 Å². The molecule has 2 heterocycles. The highest BCUT2D eigenvalue weighted by Crippen LogP contribution is 2.13. The number of carbonyl (C=O) groups excluding carboxylic acids is 1. The lowest BCUT2D eigenvalue weighted by Crippen LogP contribution is -2.26. The van der Waals surface area contributed by atoms with Crippen LogP contribution in [0.5, 0.6) is 0 Å². The van der Waals surface area contributed by atoms with Crippen molar-refractivity contribution in [3.8, 4) is 5.82 Å². The molecular weight excluding hydrogens is 295 g/mol. The molecule has 0 saturated heterocycles. The number of halogens is 1. The Hall–Kier alpha value is -2.89. The summed E-state index contributed by atoms with van der Waals surface area (Å²) in [4.78, 5) is 12.4.